The number of anilines is 2. The van der Waals surface area contributed by atoms with Gasteiger partial charge in [-0.25, -0.2) is 13.2 Å². The smallest absolute Gasteiger partial charge is 0.337 e. The highest BCUT2D eigenvalue weighted by molar-refractivity contribution is 7.92. The molecule has 144 valence electrons. The third-order valence-corrected chi connectivity index (χ3v) is 5.27. The minimum Gasteiger partial charge on any atom is -0.465 e. The van der Waals surface area contributed by atoms with E-state index in [1.807, 2.05) is 6.92 Å². The van der Waals surface area contributed by atoms with Crippen LogP contribution in [0.3, 0.4) is 0 Å². The number of halogens is 1. The molecule has 0 aliphatic rings. The number of esters is 1. The van der Waals surface area contributed by atoms with Crippen molar-refractivity contribution in [1.29, 1.82) is 0 Å². The number of benzene rings is 2. The maximum absolute atomic E-state index is 12.3. The number of aryl methyl sites for hydroxylation is 1. The van der Waals surface area contributed by atoms with Crippen LogP contribution in [0.4, 0.5) is 11.4 Å². The molecule has 0 atom stereocenters. The molecule has 0 heterocycles. The minimum atomic E-state index is -3.73. The number of sulfonamides is 1. The number of hydrogen-bond acceptors (Lipinski definition) is 5. The molecular formula is C18H19ClN2O5S. The van der Waals surface area contributed by atoms with Gasteiger partial charge in [0, 0.05) is 10.7 Å². The summed E-state index contributed by atoms with van der Waals surface area (Å²) in [5, 5.41) is 3.11. The first kappa shape index (κ1) is 20.7. The molecule has 9 heteroatoms. The van der Waals surface area contributed by atoms with E-state index in [0.717, 1.165) is 16.1 Å². The van der Waals surface area contributed by atoms with Gasteiger partial charge in [0.2, 0.25) is 15.9 Å². The average Bonchev–Trinajstić information content (AvgIpc) is 2.61. The van der Waals surface area contributed by atoms with E-state index in [1.165, 1.54) is 31.4 Å². The number of nitrogens with one attached hydrogen (secondary N) is 1. The SMILES string of the molecule is COC(=O)c1ccc(N(CC(=O)Nc2ccc(C)c(Cl)c2)S(C)(=O)=O)cc1. The first-order valence-electron chi connectivity index (χ1n) is 7.84. The third-order valence-electron chi connectivity index (χ3n) is 3.72. The molecule has 27 heavy (non-hydrogen) atoms. The molecule has 0 saturated carbocycles. The Kier molecular flexibility index (Phi) is 6.45. The lowest BCUT2D eigenvalue weighted by atomic mass is 10.2. The molecule has 0 aliphatic carbocycles. The summed E-state index contributed by atoms with van der Waals surface area (Å²) >= 11 is 6.03. The molecule has 0 unspecified atom stereocenters. The lowest BCUT2D eigenvalue weighted by Crippen LogP contribution is -2.37. The summed E-state index contributed by atoms with van der Waals surface area (Å²) in [6.45, 7) is 1.40. The van der Waals surface area contributed by atoms with E-state index in [-0.39, 0.29) is 11.3 Å². The molecule has 2 rings (SSSR count). The topological polar surface area (TPSA) is 92.8 Å². The number of nitrogens with zero attached hydrogens (tertiary/aromatic N) is 1. The van der Waals surface area contributed by atoms with Crippen molar-refractivity contribution in [2.75, 3.05) is 29.5 Å². The van der Waals surface area contributed by atoms with Gasteiger partial charge in [-0.05, 0) is 48.9 Å². The van der Waals surface area contributed by atoms with Gasteiger partial charge in [0.15, 0.2) is 0 Å². The highest BCUT2D eigenvalue weighted by Gasteiger charge is 2.21. The van der Waals surface area contributed by atoms with Gasteiger partial charge in [-0.1, -0.05) is 17.7 Å². The fraction of sp³-hybridized carbons (Fsp3) is 0.222. The molecule has 0 saturated heterocycles. The van der Waals surface area contributed by atoms with Crippen molar-refractivity contribution < 1.29 is 22.7 Å². The molecular weight excluding hydrogens is 392 g/mol. The summed E-state index contributed by atoms with van der Waals surface area (Å²) in [5.74, 6) is -1.07. The van der Waals surface area contributed by atoms with Gasteiger partial charge in [0.05, 0.1) is 24.6 Å². The Labute approximate surface area is 162 Å². The Morgan fingerprint density at radius 3 is 2.30 bits per heavy atom. The van der Waals surface area contributed by atoms with Gasteiger partial charge >= 0.3 is 5.97 Å². The number of carbonyl (C=O) groups is 2. The number of amides is 1. The van der Waals surface area contributed by atoms with Crippen LogP contribution in [0.25, 0.3) is 0 Å². The summed E-state index contributed by atoms with van der Waals surface area (Å²) < 4.78 is 29.8. The lowest BCUT2D eigenvalue weighted by molar-refractivity contribution is -0.114. The highest BCUT2D eigenvalue weighted by atomic mass is 35.5. The van der Waals surface area contributed by atoms with E-state index in [4.69, 9.17) is 11.6 Å². The van der Waals surface area contributed by atoms with Crippen molar-refractivity contribution in [2.45, 2.75) is 6.92 Å². The van der Waals surface area contributed by atoms with Crippen molar-refractivity contribution in [3.63, 3.8) is 0 Å². The molecule has 0 aliphatic heterocycles. The Bertz CT molecular complexity index is 958. The molecule has 2 aromatic carbocycles. The van der Waals surface area contributed by atoms with Crippen LogP contribution in [0, 0.1) is 6.92 Å². The summed E-state index contributed by atoms with van der Waals surface area (Å²) in [4.78, 5) is 23.8. The van der Waals surface area contributed by atoms with Gasteiger partial charge in [-0.3, -0.25) is 9.10 Å². The first-order chi connectivity index (χ1) is 12.6. The van der Waals surface area contributed by atoms with E-state index in [9.17, 15) is 18.0 Å². The van der Waals surface area contributed by atoms with Crippen molar-refractivity contribution in [1.82, 2.24) is 0 Å². The standard InChI is InChI=1S/C18H19ClN2O5S/c1-12-4-7-14(10-16(12)19)20-17(22)11-21(27(3,24)25)15-8-5-13(6-9-15)18(23)26-2/h4-10H,11H2,1-3H3,(H,20,22). The van der Waals surface area contributed by atoms with E-state index >= 15 is 0 Å². The molecule has 0 bridgehead atoms. The number of methoxy groups -OCH3 is 1. The predicted octanol–water partition coefficient (Wildman–Crippen LogP) is 2.84. The summed E-state index contributed by atoms with van der Waals surface area (Å²) in [6.07, 6.45) is 0.997. The fourth-order valence-corrected chi connectivity index (χ4v) is 3.32. The molecule has 0 fully saturated rings. The Morgan fingerprint density at radius 2 is 1.78 bits per heavy atom. The van der Waals surface area contributed by atoms with E-state index in [2.05, 4.69) is 10.1 Å². The Morgan fingerprint density at radius 1 is 1.15 bits per heavy atom. The number of carbonyl (C=O) groups excluding carboxylic acids is 2. The number of hydrogen-bond donors (Lipinski definition) is 1. The van der Waals surface area contributed by atoms with Crippen molar-refractivity contribution in [3.05, 3.63) is 58.6 Å². The van der Waals surface area contributed by atoms with Gasteiger partial charge in [0.1, 0.15) is 6.54 Å². The van der Waals surface area contributed by atoms with Crippen molar-refractivity contribution in [2.24, 2.45) is 0 Å². The van der Waals surface area contributed by atoms with Crippen LogP contribution >= 0.6 is 11.6 Å². The second kappa shape index (κ2) is 8.41. The second-order valence-electron chi connectivity index (χ2n) is 5.82. The largest absolute Gasteiger partial charge is 0.465 e. The van der Waals surface area contributed by atoms with Gasteiger partial charge in [0.25, 0.3) is 0 Å². The molecule has 0 aromatic heterocycles. The van der Waals surface area contributed by atoms with E-state index in [0.29, 0.717) is 10.7 Å². The zero-order chi connectivity index (χ0) is 20.2. The minimum absolute atomic E-state index is 0.252. The second-order valence-corrected chi connectivity index (χ2v) is 8.13. The molecule has 0 spiro atoms. The quantitative estimate of drug-likeness (QED) is 0.739. The van der Waals surface area contributed by atoms with E-state index in [1.54, 1.807) is 18.2 Å². The van der Waals surface area contributed by atoms with Gasteiger partial charge in [-0.2, -0.15) is 0 Å². The maximum Gasteiger partial charge on any atom is 0.337 e. The molecule has 7 nitrogen and oxygen atoms in total. The number of rotatable bonds is 6. The predicted molar refractivity (Wildman–Crippen MR) is 105 cm³/mol. The molecule has 1 N–H and O–H groups in total. The summed E-state index contributed by atoms with van der Waals surface area (Å²) in [6, 6.07) is 10.7. The Hall–Kier alpha value is -2.58. The normalized spacial score (nSPS) is 11.0. The van der Waals surface area contributed by atoms with Crippen LogP contribution in [0.15, 0.2) is 42.5 Å². The zero-order valence-electron chi connectivity index (χ0n) is 15.0. The first-order valence-corrected chi connectivity index (χ1v) is 10.1. The zero-order valence-corrected chi connectivity index (χ0v) is 16.6. The van der Waals surface area contributed by atoms with Crippen LogP contribution in [0.5, 0.6) is 0 Å². The van der Waals surface area contributed by atoms with Gasteiger partial charge < -0.3 is 10.1 Å². The fourth-order valence-electron chi connectivity index (χ4n) is 2.28. The van der Waals surface area contributed by atoms with Gasteiger partial charge in [-0.15, -0.1) is 0 Å². The monoisotopic (exact) mass is 410 g/mol. The Balaban J connectivity index is 2.20. The molecule has 2 aromatic rings. The van der Waals surface area contributed by atoms with Crippen LogP contribution in [0.2, 0.25) is 5.02 Å². The van der Waals surface area contributed by atoms with Crippen LogP contribution in [0.1, 0.15) is 15.9 Å². The van der Waals surface area contributed by atoms with Crippen molar-refractivity contribution in [3.8, 4) is 0 Å². The third kappa shape index (κ3) is 5.45. The average molecular weight is 411 g/mol. The van der Waals surface area contributed by atoms with Crippen LogP contribution in [-0.2, 0) is 19.6 Å². The van der Waals surface area contributed by atoms with Crippen LogP contribution in [-0.4, -0.2) is 40.2 Å². The highest BCUT2D eigenvalue weighted by Crippen LogP contribution is 2.21. The molecule has 1 amide bonds. The molecule has 0 radical (unpaired) electrons. The lowest BCUT2D eigenvalue weighted by Gasteiger charge is -2.22. The van der Waals surface area contributed by atoms with Crippen LogP contribution < -0.4 is 9.62 Å². The summed E-state index contributed by atoms with van der Waals surface area (Å²) in [7, 11) is -2.48. The maximum atomic E-state index is 12.3. The number of ether oxygens (including phenoxy) is 1. The van der Waals surface area contributed by atoms with E-state index < -0.39 is 28.4 Å². The summed E-state index contributed by atoms with van der Waals surface area (Å²) in [5.41, 5.74) is 1.85. The van der Waals surface area contributed by atoms with Crippen molar-refractivity contribution >= 4 is 44.9 Å².